The molecule has 2 rings (SSSR count). The zero-order valence-electron chi connectivity index (χ0n) is 9.65. The Morgan fingerprint density at radius 3 is 2.15 bits per heavy atom. The first kappa shape index (κ1) is 14.5. The summed E-state index contributed by atoms with van der Waals surface area (Å²) < 4.78 is 65.2. The number of nitrogens with zero attached hydrogens (tertiary/aromatic N) is 1. The first-order valence-electron chi connectivity index (χ1n) is 5.28. The summed E-state index contributed by atoms with van der Waals surface area (Å²) in [6.07, 6.45) is 0. The second kappa shape index (κ2) is 5.62. The highest BCUT2D eigenvalue weighted by atomic mass is 35.5. The van der Waals surface area contributed by atoms with Crippen LogP contribution in [0.3, 0.4) is 0 Å². The molecule has 0 aliphatic rings. The summed E-state index contributed by atoms with van der Waals surface area (Å²) in [6, 6.07) is 3.57. The van der Waals surface area contributed by atoms with E-state index in [1.807, 2.05) is 0 Å². The van der Waals surface area contributed by atoms with Crippen LogP contribution in [-0.2, 0) is 6.54 Å². The van der Waals surface area contributed by atoms with Crippen LogP contribution in [0.25, 0.3) is 0 Å². The van der Waals surface area contributed by atoms with Crippen molar-refractivity contribution in [2.75, 3.05) is 5.32 Å². The fourth-order valence-corrected chi connectivity index (χ4v) is 1.69. The molecule has 0 unspecified atom stereocenters. The van der Waals surface area contributed by atoms with Crippen molar-refractivity contribution in [1.82, 2.24) is 4.98 Å². The Balaban J connectivity index is 2.25. The van der Waals surface area contributed by atoms with E-state index >= 15 is 0 Å². The molecule has 1 aromatic heterocycles. The molecule has 0 saturated heterocycles. The number of benzene rings is 1. The molecule has 0 amide bonds. The van der Waals surface area contributed by atoms with Gasteiger partial charge < -0.3 is 5.32 Å². The molecular formula is C12H6ClF5N2. The molecule has 0 radical (unpaired) electrons. The Morgan fingerprint density at radius 2 is 1.60 bits per heavy atom. The molecule has 1 heterocycles. The normalized spacial score (nSPS) is 10.7. The Labute approximate surface area is 115 Å². The van der Waals surface area contributed by atoms with Crippen molar-refractivity contribution in [1.29, 1.82) is 0 Å². The standard InChI is InChI=1S/C12H6ClF5N2/c13-6-3-5(1-2-7(6)14)4-19-10-8(15)11(17)20-12(18)9(10)16/h1-3H,4H2,(H,19,20). The molecule has 0 saturated carbocycles. The molecule has 0 aliphatic heterocycles. The Bertz CT molecular complexity index is 637. The van der Waals surface area contributed by atoms with E-state index < -0.39 is 35.0 Å². The number of rotatable bonds is 3. The number of hydrogen-bond donors (Lipinski definition) is 1. The molecule has 0 spiro atoms. The minimum absolute atomic E-state index is 0.183. The zero-order chi connectivity index (χ0) is 14.9. The number of nitrogens with one attached hydrogen (secondary N) is 1. The highest BCUT2D eigenvalue weighted by Gasteiger charge is 2.20. The van der Waals surface area contributed by atoms with Crippen LogP contribution in [0.2, 0.25) is 5.02 Å². The van der Waals surface area contributed by atoms with Crippen LogP contribution in [0.15, 0.2) is 18.2 Å². The van der Waals surface area contributed by atoms with Gasteiger partial charge in [0.25, 0.3) is 11.9 Å². The van der Waals surface area contributed by atoms with E-state index in [0.29, 0.717) is 5.56 Å². The summed E-state index contributed by atoms with van der Waals surface area (Å²) in [5, 5.41) is 1.99. The van der Waals surface area contributed by atoms with Gasteiger partial charge in [0.1, 0.15) is 11.5 Å². The minimum Gasteiger partial charge on any atom is -0.376 e. The quantitative estimate of drug-likeness (QED) is 0.683. The molecule has 0 bridgehead atoms. The summed E-state index contributed by atoms with van der Waals surface area (Å²) in [5.41, 5.74) is -0.622. The molecule has 8 heteroatoms. The van der Waals surface area contributed by atoms with Crippen LogP contribution in [0.1, 0.15) is 5.56 Å². The maximum atomic E-state index is 13.3. The van der Waals surface area contributed by atoms with Gasteiger partial charge in [-0.2, -0.15) is 22.5 Å². The topological polar surface area (TPSA) is 24.9 Å². The van der Waals surface area contributed by atoms with Crippen LogP contribution in [-0.4, -0.2) is 4.98 Å². The lowest BCUT2D eigenvalue weighted by Gasteiger charge is -2.09. The average molecular weight is 309 g/mol. The van der Waals surface area contributed by atoms with Crippen molar-refractivity contribution in [2.45, 2.75) is 6.54 Å². The highest BCUT2D eigenvalue weighted by Crippen LogP contribution is 2.23. The molecule has 1 aromatic carbocycles. The molecule has 2 aromatic rings. The predicted octanol–water partition coefficient (Wildman–Crippen LogP) is 4.04. The van der Waals surface area contributed by atoms with Crippen molar-refractivity contribution >= 4 is 17.3 Å². The van der Waals surface area contributed by atoms with Crippen LogP contribution < -0.4 is 5.32 Å². The second-order valence-corrected chi connectivity index (χ2v) is 4.21. The predicted molar refractivity (Wildman–Crippen MR) is 62.8 cm³/mol. The van der Waals surface area contributed by atoms with Crippen LogP contribution in [0, 0.1) is 29.3 Å². The molecule has 0 atom stereocenters. The summed E-state index contributed by atoms with van der Waals surface area (Å²) >= 11 is 5.53. The fourth-order valence-electron chi connectivity index (χ4n) is 1.48. The maximum Gasteiger partial charge on any atom is 0.253 e. The summed E-state index contributed by atoms with van der Waals surface area (Å²) in [6.45, 7) is -0.212. The second-order valence-electron chi connectivity index (χ2n) is 3.80. The Kier molecular flexibility index (Phi) is 4.08. The van der Waals surface area contributed by atoms with Gasteiger partial charge in [-0.25, -0.2) is 4.39 Å². The van der Waals surface area contributed by atoms with E-state index in [1.54, 1.807) is 0 Å². The lowest BCUT2D eigenvalue weighted by Crippen LogP contribution is -2.09. The fraction of sp³-hybridized carbons (Fsp3) is 0.0833. The summed E-state index contributed by atoms with van der Waals surface area (Å²) in [5.74, 6) is -7.46. The van der Waals surface area contributed by atoms with Crippen molar-refractivity contribution < 1.29 is 22.0 Å². The van der Waals surface area contributed by atoms with Gasteiger partial charge in [-0.3, -0.25) is 0 Å². The number of aromatic nitrogens is 1. The molecule has 2 nitrogen and oxygen atoms in total. The van der Waals surface area contributed by atoms with E-state index in [-0.39, 0.29) is 11.6 Å². The third-order valence-electron chi connectivity index (χ3n) is 2.45. The summed E-state index contributed by atoms with van der Waals surface area (Å²) in [4.78, 5) is 2.42. The first-order chi connectivity index (χ1) is 9.40. The van der Waals surface area contributed by atoms with Gasteiger partial charge in [0.05, 0.1) is 5.02 Å². The van der Waals surface area contributed by atoms with Crippen LogP contribution in [0.5, 0.6) is 0 Å². The SMILES string of the molecule is Fc1ccc(CNc2c(F)c(F)nc(F)c2F)cc1Cl. The van der Waals surface area contributed by atoms with Gasteiger partial charge in [-0.1, -0.05) is 17.7 Å². The van der Waals surface area contributed by atoms with Crippen molar-refractivity contribution in [3.05, 3.63) is 58.1 Å². The van der Waals surface area contributed by atoms with E-state index in [4.69, 9.17) is 11.6 Å². The van der Waals surface area contributed by atoms with Crippen LogP contribution >= 0.6 is 11.6 Å². The number of anilines is 1. The van der Waals surface area contributed by atoms with Crippen LogP contribution in [0.4, 0.5) is 27.6 Å². The lowest BCUT2D eigenvalue weighted by atomic mass is 10.2. The van der Waals surface area contributed by atoms with Crippen molar-refractivity contribution in [2.24, 2.45) is 0 Å². The molecule has 1 N–H and O–H groups in total. The minimum atomic E-state index is -1.76. The third kappa shape index (κ3) is 2.82. The lowest BCUT2D eigenvalue weighted by molar-refractivity contribution is 0.410. The molecule has 106 valence electrons. The first-order valence-corrected chi connectivity index (χ1v) is 5.65. The van der Waals surface area contributed by atoms with Gasteiger partial charge in [-0.15, -0.1) is 0 Å². The van der Waals surface area contributed by atoms with Crippen molar-refractivity contribution in [3.8, 4) is 0 Å². The third-order valence-corrected chi connectivity index (χ3v) is 2.74. The molecule has 0 fully saturated rings. The van der Waals surface area contributed by atoms with Crippen molar-refractivity contribution in [3.63, 3.8) is 0 Å². The van der Waals surface area contributed by atoms with E-state index in [0.717, 1.165) is 6.07 Å². The van der Waals surface area contributed by atoms with Gasteiger partial charge in [-0.05, 0) is 17.7 Å². The van der Waals surface area contributed by atoms with Gasteiger partial charge >= 0.3 is 0 Å². The molecule has 0 aliphatic carbocycles. The largest absolute Gasteiger partial charge is 0.376 e. The van der Waals surface area contributed by atoms with E-state index in [9.17, 15) is 22.0 Å². The smallest absolute Gasteiger partial charge is 0.253 e. The highest BCUT2D eigenvalue weighted by molar-refractivity contribution is 6.30. The number of pyridine rings is 1. The number of hydrogen-bond acceptors (Lipinski definition) is 2. The van der Waals surface area contributed by atoms with Gasteiger partial charge in [0.15, 0.2) is 0 Å². The molecule has 20 heavy (non-hydrogen) atoms. The monoisotopic (exact) mass is 308 g/mol. The van der Waals surface area contributed by atoms with E-state index in [1.165, 1.54) is 12.1 Å². The van der Waals surface area contributed by atoms with E-state index in [2.05, 4.69) is 10.3 Å². The number of halogens is 6. The zero-order valence-corrected chi connectivity index (χ0v) is 10.4. The average Bonchev–Trinajstić information content (AvgIpc) is 2.40. The Morgan fingerprint density at radius 1 is 1.00 bits per heavy atom. The Hall–Kier alpha value is -1.89. The van der Waals surface area contributed by atoms with Gasteiger partial charge in [0.2, 0.25) is 11.6 Å². The van der Waals surface area contributed by atoms with Gasteiger partial charge in [0, 0.05) is 6.54 Å². The molecular weight excluding hydrogens is 303 g/mol. The summed E-state index contributed by atoms with van der Waals surface area (Å²) in [7, 11) is 0. The maximum absolute atomic E-state index is 13.3.